The molecule has 1 saturated heterocycles. The van der Waals surface area contributed by atoms with Crippen LogP contribution in [0.3, 0.4) is 0 Å². The number of cyclic esters (lactones) is 2. The second kappa shape index (κ2) is 6.74. The summed E-state index contributed by atoms with van der Waals surface area (Å²) in [5, 5.41) is 2.68. The maximum Gasteiger partial charge on any atom is 0.350 e. The van der Waals surface area contributed by atoms with Gasteiger partial charge in [-0.15, -0.1) is 0 Å². The van der Waals surface area contributed by atoms with E-state index in [0.29, 0.717) is 12.3 Å². The minimum atomic E-state index is -1.30. The second-order valence-corrected chi connectivity index (χ2v) is 7.38. The summed E-state index contributed by atoms with van der Waals surface area (Å²) in [6, 6.07) is 4.25. The van der Waals surface area contributed by atoms with Gasteiger partial charge in [0.25, 0.3) is 5.79 Å². The van der Waals surface area contributed by atoms with Crippen LogP contribution in [0.5, 0.6) is 5.75 Å². The van der Waals surface area contributed by atoms with E-state index >= 15 is 0 Å². The normalized spacial score (nSPS) is 16.8. The van der Waals surface area contributed by atoms with Crippen LogP contribution in [-0.4, -0.2) is 24.3 Å². The molecular weight excluding hydrogens is 329 g/mol. The first-order chi connectivity index (χ1) is 11.5. The number of hydrogen-bond donors (Lipinski definition) is 1. The van der Waals surface area contributed by atoms with E-state index in [2.05, 4.69) is 5.32 Å². The molecule has 1 aliphatic heterocycles. The lowest BCUT2D eigenvalue weighted by Crippen LogP contribution is -2.42. The van der Waals surface area contributed by atoms with E-state index in [0.717, 1.165) is 6.20 Å². The number of carbonyl (C=O) groups is 2. The van der Waals surface area contributed by atoms with Crippen molar-refractivity contribution in [3.8, 4) is 5.75 Å². The van der Waals surface area contributed by atoms with Crippen LogP contribution in [0.2, 0.25) is 0 Å². The fourth-order valence-corrected chi connectivity index (χ4v) is 1.94. The van der Waals surface area contributed by atoms with E-state index in [-0.39, 0.29) is 16.7 Å². The zero-order valence-corrected chi connectivity index (χ0v) is 14.9. The maximum atomic E-state index is 14.1. The Morgan fingerprint density at radius 3 is 2.32 bits per heavy atom. The molecule has 0 radical (unpaired) electrons. The van der Waals surface area contributed by atoms with E-state index in [4.69, 9.17) is 14.2 Å². The van der Waals surface area contributed by atoms with Crippen molar-refractivity contribution in [2.75, 3.05) is 11.9 Å². The first-order valence-corrected chi connectivity index (χ1v) is 7.83. The molecule has 1 aromatic carbocycles. The van der Waals surface area contributed by atoms with Crippen LogP contribution in [-0.2, 0) is 19.1 Å². The summed E-state index contributed by atoms with van der Waals surface area (Å²) in [4.78, 5) is 23.6. The smallest absolute Gasteiger partial charge is 0.350 e. The largest absolute Gasteiger partial charge is 0.490 e. The third-order valence-electron chi connectivity index (χ3n) is 3.09. The van der Waals surface area contributed by atoms with Crippen LogP contribution >= 0.6 is 0 Å². The van der Waals surface area contributed by atoms with Crippen molar-refractivity contribution in [2.24, 2.45) is 5.41 Å². The van der Waals surface area contributed by atoms with Crippen molar-refractivity contribution in [2.45, 2.75) is 40.4 Å². The number of hydrogen-bond acceptors (Lipinski definition) is 6. The summed E-state index contributed by atoms with van der Waals surface area (Å²) in [7, 11) is 0. The fourth-order valence-electron chi connectivity index (χ4n) is 1.94. The predicted molar refractivity (Wildman–Crippen MR) is 89.3 cm³/mol. The number of nitrogens with one attached hydrogen (secondary N) is 1. The van der Waals surface area contributed by atoms with E-state index < -0.39 is 23.5 Å². The van der Waals surface area contributed by atoms with Crippen LogP contribution in [0.1, 0.15) is 34.6 Å². The first kappa shape index (κ1) is 18.8. The lowest BCUT2D eigenvalue weighted by atomic mass is 9.99. The number of esters is 2. The van der Waals surface area contributed by atoms with Gasteiger partial charge in [0, 0.05) is 31.8 Å². The Morgan fingerprint density at radius 1 is 1.20 bits per heavy atom. The Balaban J connectivity index is 2.07. The zero-order chi connectivity index (χ0) is 18.8. The van der Waals surface area contributed by atoms with Crippen molar-refractivity contribution < 1.29 is 28.2 Å². The molecule has 1 heterocycles. The molecule has 0 aromatic heterocycles. The molecule has 0 spiro atoms. The van der Waals surface area contributed by atoms with Crippen LogP contribution in [0, 0.1) is 11.2 Å². The highest BCUT2D eigenvalue weighted by Gasteiger charge is 2.38. The van der Waals surface area contributed by atoms with Gasteiger partial charge in [0.2, 0.25) is 0 Å². The standard InChI is InChI=1S/C18H22FNO5/c1-17(2,3)10-23-14-7-6-11(8-13(14)19)20-9-12-15(21)24-18(4,5)25-16(12)22/h6-9,20H,10H2,1-5H3. The number of benzene rings is 1. The highest BCUT2D eigenvalue weighted by atomic mass is 19.1. The minimum Gasteiger partial charge on any atom is -0.490 e. The Bertz CT molecular complexity index is 697. The van der Waals surface area contributed by atoms with Crippen molar-refractivity contribution in [1.82, 2.24) is 0 Å². The summed E-state index contributed by atoms with van der Waals surface area (Å²) in [5.41, 5.74) is -0.0465. The molecule has 1 fully saturated rings. The summed E-state index contributed by atoms with van der Waals surface area (Å²) >= 11 is 0. The zero-order valence-electron chi connectivity index (χ0n) is 14.9. The van der Waals surface area contributed by atoms with Gasteiger partial charge in [-0.05, 0) is 17.5 Å². The molecule has 7 heteroatoms. The monoisotopic (exact) mass is 351 g/mol. The first-order valence-electron chi connectivity index (χ1n) is 7.83. The van der Waals surface area contributed by atoms with Gasteiger partial charge >= 0.3 is 11.9 Å². The van der Waals surface area contributed by atoms with Gasteiger partial charge in [0.1, 0.15) is 0 Å². The molecule has 2 rings (SSSR count). The van der Waals surface area contributed by atoms with Crippen molar-refractivity contribution >= 4 is 17.6 Å². The fraction of sp³-hybridized carbons (Fsp3) is 0.444. The molecule has 0 aliphatic carbocycles. The van der Waals surface area contributed by atoms with Crippen molar-refractivity contribution in [1.29, 1.82) is 0 Å². The van der Waals surface area contributed by atoms with Gasteiger partial charge in [0.15, 0.2) is 17.1 Å². The maximum absolute atomic E-state index is 14.1. The molecule has 136 valence electrons. The van der Waals surface area contributed by atoms with E-state index in [1.54, 1.807) is 6.07 Å². The Labute approximate surface area is 145 Å². The molecule has 0 atom stereocenters. The lowest BCUT2D eigenvalue weighted by molar-refractivity contribution is -0.222. The van der Waals surface area contributed by atoms with Gasteiger partial charge in [-0.2, -0.15) is 0 Å². The van der Waals surface area contributed by atoms with Crippen LogP contribution < -0.4 is 10.1 Å². The Hall–Kier alpha value is -2.57. The quantitative estimate of drug-likeness (QED) is 0.509. The third kappa shape index (κ3) is 5.20. The summed E-state index contributed by atoms with van der Waals surface area (Å²) in [6.07, 6.45) is 1.13. The van der Waals surface area contributed by atoms with Crippen LogP contribution in [0.25, 0.3) is 0 Å². The highest BCUT2D eigenvalue weighted by Crippen LogP contribution is 2.25. The average molecular weight is 351 g/mol. The topological polar surface area (TPSA) is 73.9 Å². The van der Waals surface area contributed by atoms with E-state index in [9.17, 15) is 14.0 Å². The molecule has 6 nitrogen and oxygen atoms in total. The number of ether oxygens (including phenoxy) is 3. The van der Waals surface area contributed by atoms with E-state index in [1.807, 2.05) is 20.8 Å². The van der Waals surface area contributed by atoms with Crippen LogP contribution in [0.4, 0.5) is 10.1 Å². The highest BCUT2D eigenvalue weighted by molar-refractivity contribution is 6.15. The van der Waals surface area contributed by atoms with Gasteiger partial charge in [-0.1, -0.05) is 20.8 Å². The van der Waals surface area contributed by atoms with Gasteiger partial charge in [-0.3, -0.25) is 0 Å². The molecule has 0 bridgehead atoms. The number of anilines is 1. The lowest BCUT2D eigenvalue weighted by Gasteiger charge is -2.29. The molecule has 0 saturated carbocycles. The minimum absolute atomic E-state index is 0.0940. The summed E-state index contributed by atoms with van der Waals surface area (Å²) < 4.78 is 29.5. The van der Waals surface area contributed by atoms with Crippen molar-refractivity contribution in [3.05, 3.63) is 35.8 Å². The van der Waals surface area contributed by atoms with Gasteiger partial charge < -0.3 is 19.5 Å². The predicted octanol–water partition coefficient (Wildman–Crippen LogP) is 3.38. The molecule has 25 heavy (non-hydrogen) atoms. The Morgan fingerprint density at radius 2 is 1.80 bits per heavy atom. The molecule has 1 N–H and O–H groups in total. The second-order valence-electron chi connectivity index (χ2n) is 7.38. The summed E-state index contributed by atoms with van der Waals surface area (Å²) in [5.74, 6) is -3.34. The summed E-state index contributed by atoms with van der Waals surface area (Å²) in [6.45, 7) is 9.23. The molecule has 0 unspecified atom stereocenters. The number of halogens is 1. The number of rotatable bonds is 4. The Kier molecular flexibility index (Phi) is 5.06. The van der Waals surface area contributed by atoms with Crippen molar-refractivity contribution in [3.63, 3.8) is 0 Å². The molecule has 1 aliphatic rings. The number of carbonyl (C=O) groups excluding carboxylic acids is 2. The molecule has 1 aromatic rings. The van der Waals surface area contributed by atoms with E-state index in [1.165, 1.54) is 26.0 Å². The van der Waals surface area contributed by atoms with Crippen LogP contribution in [0.15, 0.2) is 30.0 Å². The van der Waals surface area contributed by atoms with Gasteiger partial charge in [-0.25, -0.2) is 14.0 Å². The third-order valence-corrected chi connectivity index (χ3v) is 3.09. The molecule has 0 amide bonds. The average Bonchev–Trinajstić information content (AvgIpc) is 2.43. The molecular formula is C18H22FNO5. The van der Waals surface area contributed by atoms with Gasteiger partial charge in [0.05, 0.1) is 6.61 Å². The SMILES string of the molecule is CC(C)(C)COc1ccc(NC=C2C(=O)OC(C)(C)OC2=O)cc1F.